The molecule has 0 radical (unpaired) electrons. The Morgan fingerprint density at radius 2 is 2.40 bits per heavy atom. The molecule has 0 aromatic rings. The fourth-order valence-electron chi connectivity index (χ4n) is 1.59. The van der Waals surface area contributed by atoms with Gasteiger partial charge in [-0.2, -0.15) is 0 Å². The lowest BCUT2D eigenvalue weighted by molar-refractivity contribution is -0.143. The molecule has 0 saturated carbocycles. The van der Waals surface area contributed by atoms with Crippen LogP contribution in [0.25, 0.3) is 0 Å². The average molecular weight is 247 g/mol. The smallest absolute Gasteiger partial charge is 0.307 e. The molecule has 0 N–H and O–H groups in total. The summed E-state index contributed by atoms with van der Waals surface area (Å²) < 4.78 is 5.87. The molecule has 5 heteroatoms. The first kappa shape index (κ1) is 12.8. The van der Waals surface area contributed by atoms with Crippen LogP contribution >= 0.6 is 24.0 Å². The fourth-order valence-corrected chi connectivity index (χ4v) is 3.07. The maximum absolute atomic E-state index is 11.4. The highest BCUT2D eigenvalue weighted by Gasteiger charge is 2.30. The number of esters is 1. The van der Waals surface area contributed by atoms with E-state index in [4.69, 9.17) is 17.0 Å². The van der Waals surface area contributed by atoms with Gasteiger partial charge in [0.1, 0.15) is 4.32 Å². The van der Waals surface area contributed by atoms with Gasteiger partial charge in [0.2, 0.25) is 0 Å². The van der Waals surface area contributed by atoms with Gasteiger partial charge in [-0.15, -0.1) is 0 Å². The summed E-state index contributed by atoms with van der Waals surface area (Å²) in [6.07, 6.45) is 1.51. The fraction of sp³-hybridized carbons (Fsp3) is 0.800. The Morgan fingerprint density at radius 3 is 3.00 bits per heavy atom. The van der Waals surface area contributed by atoms with Crippen molar-refractivity contribution in [1.29, 1.82) is 0 Å². The summed E-state index contributed by atoms with van der Waals surface area (Å²) in [7, 11) is 0. The molecule has 86 valence electrons. The van der Waals surface area contributed by atoms with Crippen molar-refractivity contribution in [2.24, 2.45) is 0 Å². The monoisotopic (exact) mass is 247 g/mol. The first-order valence-corrected chi connectivity index (χ1v) is 6.67. The molecule has 1 rings (SSSR count). The largest absolute Gasteiger partial charge is 0.466 e. The maximum atomic E-state index is 11.4. The Kier molecular flexibility index (Phi) is 5.39. The van der Waals surface area contributed by atoms with E-state index in [0.29, 0.717) is 13.0 Å². The number of thiocarbonyl (C=S) groups is 1. The Balaban J connectivity index is 2.46. The van der Waals surface area contributed by atoms with Gasteiger partial charge in [-0.1, -0.05) is 30.9 Å². The van der Waals surface area contributed by atoms with Crippen LogP contribution in [0.3, 0.4) is 0 Å². The van der Waals surface area contributed by atoms with Crippen molar-refractivity contribution in [1.82, 2.24) is 4.90 Å². The Hall–Kier alpha value is -0.290. The quantitative estimate of drug-likeness (QED) is 0.548. The van der Waals surface area contributed by atoms with Crippen LogP contribution in [0.5, 0.6) is 0 Å². The molecule has 0 amide bonds. The summed E-state index contributed by atoms with van der Waals surface area (Å²) in [6.45, 7) is 5.34. The average Bonchev–Trinajstić information content (AvgIpc) is 2.51. The molecule has 0 aromatic heterocycles. The van der Waals surface area contributed by atoms with Crippen LogP contribution in [-0.4, -0.2) is 40.1 Å². The highest BCUT2D eigenvalue weighted by molar-refractivity contribution is 8.23. The van der Waals surface area contributed by atoms with Crippen LogP contribution in [0, 0.1) is 0 Å². The first-order valence-electron chi connectivity index (χ1n) is 5.28. The van der Waals surface area contributed by atoms with Crippen LogP contribution in [0.2, 0.25) is 0 Å². The predicted octanol–water partition coefficient (Wildman–Crippen LogP) is 2.05. The van der Waals surface area contributed by atoms with Gasteiger partial charge in [-0.3, -0.25) is 4.79 Å². The van der Waals surface area contributed by atoms with E-state index < -0.39 is 0 Å². The molecule has 0 aromatic carbocycles. The third kappa shape index (κ3) is 3.65. The molecule has 15 heavy (non-hydrogen) atoms. The number of hydrogen-bond acceptors (Lipinski definition) is 4. The molecule has 1 unspecified atom stereocenters. The van der Waals surface area contributed by atoms with Crippen LogP contribution in [0.15, 0.2) is 0 Å². The van der Waals surface area contributed by atoms with E-state index in [2.05, 4.69) is 11.8 Å². The lowest BCUT2D eigenvalue weighted by Gasteiger charge is -2.24. The number of nitrogens with zero attached hydrogens (tertiary/aromatic N) is 1. The van der Waals surface area contributed by atoms with E-state index in [9.17, 15) is 4.79 Å². The maximum Gasteiger partial charge on any atom is 0.307 e. The summed E-state index contributed by atoms with van der Waals surface area (Å²) in [5.41, 5.74) is 0. The normalized spacial score (nSPS) is 20.8. The molecule has 1 saturated heterocycles. The second-order valence-electron chi connectivity index (χ2n) is 3.43. The summed E-state index contributed by atoms with van der Waals surface area (Å²) in [4.78, 5) is 13.5. The van der Waals surface area contributed by atoms with Gasteiger partial charge in [0.05, 0.1) is 19.1 Å². The summed E-state index contributed by atoms with van der Waals surface area (Å²) in [5.74, 6) is 0.798. The predicted molar refractivity (Wildman–Crippen MR) is 67.1 cm³/mol. The van der Waals surface area contributed by atoms with Crippen LogP contribution in [0.4, 0.5) is 0 Å². The topological polar surface area (TPSA) is 29.5 Å². The molecule has 1 aliphatic heterocycles. The van der Waals surface area contributed by atoms with Gasteiger partial charge in [-0.05, 0) is 13.3 Å². The van der Waals surface area contributed by atoms with Crippen molar-refractivity contribution in [3.8, 4) is 0 Å². The van der Waals surface area contributed by atoms with Gasteiger partial charge in [0, 0.05) is 12.3 Å². The number of ether oxygens (including phenoxy) is 1. The molecule has 1 heterocycles. The molecule has 0 spiro atoms. The van der Waals surface area contributed by atoms with Gasteiger partial charge in [0.25, 0.3) is 0 Å². The van der Waals surface area contributed by atoms with Crippen LogP contribution < -0.4 is 0 Å². The van der Waals surface area contributed by atoms with Crippen molar-refractivity contribution in [2.75, 3.05) is 18.9 Å². The standard InChI is InChI=1S/C10H17NO2S2/c1-3-5-11-8(7-15-10(11)14)6-9(12)13-4-2/h8H,3-7H2,1-2H3. The minimum Gasteiger partial charge on any atom is -0.466 e. The Labute approximate surface area is 101 Å². The van der Waals surface area contributed by atoms with E-state index in [1.165, 1.54) is 0 Å². The minimum atomic E-state index is -0.117. The summed E-state index contributed by atoms with van der Waals surface area (Å²) in [6, 6.07) is 0.237. The molecule has 0 bridgehead atoms. The van der Waals surface area contributed by atoms with Crippen molar-refractivity contribution in [3.63, 3.8) is 0 Å². The highest BCUT2D eigenvalue weighted by Crippen LogP contribution is 2.26. The third-order valence-corrected chi connectivity index (χ3v) is 3.87. The van der Waals surface area contributed by atoms with Crippen LogP contribution in [-0.2, 0) is 9.53 Å². The number of hydrogen-bond donors (Lipinski definition) is 0. The zero-order valence-corrected chi connectivity index (χ0v) is 10.8. The van der Waals surface area contributed by atoms with Crippen molar-refractivity contribution in [2.45, 2.75) is 32.7 Å². The van der Waals surface area contributed by atoms with Crippen molar-refractivity contribution >= 4 is 34.3 Å². The number of rotatable bonds is 5. The molecule has 1 aliphatic rings. The molecule has 0 aliphatic carbocycles. The molecule has 3 nitrogen and oxygen atoms in total. The molecular weight excluding hydrogens is 230 g/mol. The van der Waals surface area contributed by atoms with E-state index >= 15 is 0 Å². The highest BCUT2D eigenvalue weighted by atomic mass is 32.2. The molecular formula is C10H17NO2S2. The molecule has 1 atom stereocenters. The SMILES string of the molecule is CCCN1C(=S)SCC1CC(=O)OCC. The van der Waals surface area contributed by atoms with Crippen molar-refractivity contribution < 1.29 is 9.53 Å². The lowest BCUT2D eigenvalue weighted by Crippen LogP contribution is -2.35. The van der Waals surface area contributed by atoms with E-state index in [1.807, 2.05) is 6.92 Å². The van der Waals surface area contributed by atoms with Crippen LogP contribution in [0.1, 0.15) is 26.7 Å². The van der Waals surface area contributed by atoms with E-state index in [-0.39, 0.29) is 12.0 Å². The van der Waals surface area contributed by atoms with E-state index in [0.717, 1.165) is 23.0 Å². The zero-order valence-electron chi connectivity index (χ0n) is 9.19. The first-order chi connectivity index (χ1) is 7.19. The van der Waals surface area contributed by atoms with Gasteiger partial charge in [-0.25, -0.2) is 0 Å². The van der Waals surface area contributed by atoms with Gasteiger partial charge in [0.15, 0.2) is 0 Å². The van der Waals surface area contributed by atoms with E-state index in [1.54, 1.807) is 11.8 Å². The second kappa shape index (κ2) is 6.33. The lowest BCUT2D eigenvalue weighted by atomic mass is 10.2. The number of carbonyl (C=O) groups is 1. The second-order valence-corrected chi connectivity index (χ2v) is 5.09. The Bertz CT molecular complexity index is 246. The Morgan fingerprint density at radius 1 is 1.67 bits per heavy atom. The van der Waals surface area contributed by atoms with Gasteiger partial charge >= 0.3 is 5.97 Å². The number of carbonyl (C=O) groups excluding carboxylic acids is 1. The summed E-state index contributed by atoms with van der Waals surface area (Å²) in [5, 5.41) is 0. The zero-order chi connectivity index (χ0) is 11.3. The third-order valence-electron chi connectivity index (χ3n) is 2.25. The summed E-state index contributed by atoms with van der Waals surface area (Å²) >= 11 is 6.90. The number of thioether (sulfide) groups is 1. The molecule has 1 fully saturated rings. The van der Waals surface area contributed by atoms with Crippen molar-refractivity contribution in [3.05, 3.63) is 0 Å². The van der Waals surface area contributed by atoms with Gasteiger partial charge < -0.3 is 9.64 Å². The minimum absolute atomic E-state index is 0.117.